The smallest absolute Gasteiger partial charge is 0.417 e. The molecule has 0 bridgehead atoms. The Morgan fingerprint density at radius 2 is 1.79 bits per heavy atom. The number of carbonyl (C=O) groups excluding carboxylic acids is 2. The number of carbonyl (C=O) groups is 2. The van der Waals surface area contributed by atoms with Crippen LogP contribution in [0.25, 0.3) is 0 Å². The monoisotopic (exact) mass is 588 g/mol. The summed E-state index contributed by atoms with van der Waals surface area (Å²) in [7, 11) is 0. The summed E-state index contributed by atoms with van der Waals surface area (Å²) >= 11 is 17.8. The minimum atomic E-state index is -4.80. The highest BCUT2D eigenvalue weighted by Gasteiger charge is 2.53. The van der Waals surface area contributed by atoms with Crippen molar-refractivity contribution in [1.29, 1.82) is 0 Å². The second kappa shape index (κ2) is 10.4. The highest BCUT2D eigenvalue weighted by atomic mass is 35.5. The number of allylic oxidation sites excluding steroid dienone is 2. The van der Waals surface area contributed by atoms with Crippen molar-refractivity contribution in [3.8, 4) is 0 Å². The molecule has 1 aliphatic carbocycles. The van der Waals surface area contributed by atoms with E-state index in [-0.39, 0.29) is 34.3 Å². The van der Waals surface area contributed by atoms with E-state index in [1.54, 1.807) is 12.1 Å². The molecule has 2 aromatic carbocycles. The van der Waals surface area contributed by atoms with Crippen LogP contribution in [-0.2, 0) is 17.4 Å². The van der Waals surface area contributed by atoms with Gasteiger partial charge in [-0.1, -0.05) is 51.6 Å². The van der Waals surface area contributed by atoms with Crippen LogP contribution >= 0.6 is 34.8 Å². The number of halogens is 6. The molecule has 0 saturated heterocycles. The molecule has 0 saturated carbocycles. The van der Waals surface area contributed by atoms with E-state index in [9.17, 15) is 33.1 Å². The quantitative estimate of drug-likeness (QED) is 0.270. The molecule has 3 atom stereocenters. The van der Waals surface area contributed by atoms with Crippen LogP contribution in [0.5, 0.6) is 0 Å². The zero-order valence-electron chi connectivity index (χ0n) is 19.3. The number of rotatable bonds is 5. The van der Waals surface area contributed by atoms with Gasteiger partial charge in [0.15, 0.2) is 0 Å². The Kier molecular flexibility index (Phi) is 7.68. The Morgan fingerprint density at radius 1 is 1.13 bits per heavy atom. The summed E-state index contributed by atoms with van der Waals surface area (Å²) in [6.45, 7) is -0.275. The summed E-state index contributed by atoms with van der Waals surface area (Å²) in [6.07, 6.45) is -0.689. The van der Waals surface area contributed by atoms with Gasteiger partial charge in [0.2, 0.25) is 0 Å². The van der Waals surface area contributed by atoms with Crippen LogP contribution in [0, 0.1) is 5.92 Å². The molecule has 13 heteroatoms. The maximum atomic E-state index is 13.4. The SMILES string of the molecule is N[C@H](Cc1ccc(Cl)cc1Cl)C(=O)[N+]1(O)CC2C=CC(NC(=O)c3cc(Cl)ccc3C(F)(F)F)=CC2=C1O. The Hall–Kier alpha value is -2.86. The third kappa shape index (κ3) is 5.47. The van der Waals surface area contributed by atoms with E-state index in [4.69, 9.17) is 40.5 Å². The Balaban J connectivity index is 1.56. The second-order valence-electron chi connectivity index (χ2n) is 8.82. The summed E-state index contributed by atoms with van der Waals surface area (Å²) in [5.74, 6) is -3.34. The molecule has 200 valence electrons. The fraction of sp³-hybridized carbons (Fsp3) is 0.200. The largest absolute Gasteiger partial charge is 0.465 e. The number of nitrogens with zero attached hydrogens (tertiary/aromatic N) is 1. The molecule has 1 aliphatic heterocycles. The van der Waals surface area contributed by atoms with Crippen molar-refractivity contribution in [2.24, 2.45) is 11.7 Å². The van der Waals surface area contributed by atoms with Gasteiger partial charge < -0.3 is 16.2 Å². The lowest BCUT2D eigenvalue weighted by atomic mass is 9.95. The number of quaternary nitrogens is 1. The van der Waals surface area contributed by atoms with Gasteiger partial charge in [-0.15, -0.1) is 0 Å². The fourth-order valence-electron chi connectivity index (χ4n) is 4.33. The number of hydrogen-bond acceptors (Lipinski definition) is 5. The molecule has 1 heterocycles. The van der Waals surface area contributed by atoms with E-state index >= 15 is 0 Å². The summed E-state index contributed by atoms with van der Waals surface area (Å²) in [6, 6.07) is 6.00. The van der Waals surface area contributed by atoms with E-state index in [1.165, 1.54) is 24.3 Å². The van der Waals surface area contributed by atoms with Crippen molar-refractivity contribution in [2.45, 2.75) is 18.6 Å². The first-order valence-corrected chi connectivity index (χ1v) is 12.2. The highest BCUT2D eigenvalue weighted by Crippen LogP contribution is 2.38. The van der Waals surface area contributed by atoms with Crippen LogP contribution < -0.4 is 11.1 Å². The van der Waals surface area contributed by atoms with Gasteiger partial charge in [-0.2, -0.15) is 13.2 Å². The lowest BCUT2D eigenvalue weighted by Gasteiger charge is -2.24. The third-order valence-electron chi connectivity index (χ3n) is 6.21. The average molecular weight is 590 g/mol. The molecule has 5 N–H and O–H groups in total. The number of aliphatic hydroxyl groups excluding tert-OH is 1. The summed E-state index contributed by atoms with van der Waals surface area (Å²) in [5, 5.41) is 24.8. The van der Waals surface area contributed by atoms with Crippen molar-refractivity contribution in [3.63, 3.8) is 0 Å². The summed E-state index contributed by atoms with van der Waals surface area (Å²) in [4.78, 5) is 25.8. The summed E-state index contributed by atoms with van der Waals surface area (Å²) < 4.78 is 38.6. The number of nitrogens with one attached hydrogen (secondary N) is 1. The molecule has 7 nitrogen and oxygen atoms in total. The van der Waals surface area contributed by atoms with Gasteiger partial charge in [0, 0.05) is 27.2 Å². The van der Waals surface area contributed by atoms with Crippen LogP contribution in [0.2, 0.25) is 15.1 Å². The van der Waals surface area contributed by atoms with Crippen molar-refractivity contribution >= 4 is 46.6 Å². The average Bonchev–Trinajstić information content (AvgIpc) is 3.10. The van der Waals surface area contributed by atoms with Crippen LogP contribution in [-0.4, -0.2) is 39.4 Å². The first-order chi connectivity index (χ1) is 17.7. The molecule has 0 spiro atoms. The molecule has 2 unspecified atom stereocenters. The zero-order valence-corrected chi connectivity index (χ0v) is 21.5. The Bertz CT molecular complexity index is 1420. The molecular formula is C25H20Cl3F3N3O4+. The molecule has 38 heavy (non-hydrogen) atoms. The van der Waals surface area contributed by atoms with E-state index in [0.29, 0.717) is 16.7 Å². The van der Waals surface area contributed by atoms with Crippen LogP contribution in [0.15, 0.2) is 71.8 Å². The van der Waals surface area contributed by atoms with Gasteiger partial charge in [0.1, 0.15) is 12.6 Å². The molecule has 2 aromatic rings. The molecule has 0 aromatic heterocycles. The number of amides is 2. The lowest BCUT2D eigenvalue weighted by Crippen LogP contribution is -2.56. The van der Waals surface area contributed by atoms with Gasteiger partial charge in [-0.05, 0) is 48.0 Å². The first kappa shape index (κ1) is 28.2. The minimum Gasteiger partial charge on any atom is -0.465 e. The lowest BCUT2D eigenvalue weighted by molar-refractivity contribution is -1.02. The van der Waals surface area contributed by atoms with E-state index in [2.05, 4.69) is 5.32 Å². The zero-order chi connectivity index (χ0) is 28.0. The molecule has 4 rings (SSSR count). The van der Waals surface area contributed by atoms with Gasteiger partial charge in [-0.25, -0.2) is 10.0 Å². The minimum absolute atomic E-state index is 0.0269. The van der Waals surface area contributed by atoms with Gasteiger partial charge in [0.05, 0.1) is 22.6 Å². The number of hydrogen-bond donors (Lipinski definition) is 4. The van der Waals surface area contributed by atoms with Crippen molar-refractivity contribution in [2.75, 3.05) is 6.54 Å². The summed E-state index contributed by atoms with van der Waals surface area (Å²) in [5.41, 5.74) is 4.81. The van der Waals surface area contributed by atoms with Gasteiger partial charge >= 0.3 is 18.0 Å². The third-order valence-corrected chi connectivity index (χ3v) is 7.04. The fourth-order valence-corrected chi connectivity index (χ4v) is 4.99. The van der Waals surface area contributed by atoms with E-state index in [0.717, 1.165) is 12.1 Å². The van der Waals surface area contributed by atoms with Crippen LogP contribution in [0.1, 0.15) is 21.5 Å². The maximum absolute atomic E-state index is 13.4. The molecule has 0 radical (unpaired) electrons. The Labute approximate surface area is 229 Å². The van der Waals surface area contributed by atoms with Crippen LogP contribution in [0.3, 0.4) is 0 Å². The number of nitrogens with two attached hydrogens (primary N) is 1. The predicted molar refractivity (Wildman–Crippen MR) is 134 cm³/mol. The first-order valence-electron chi connectivity index (χ1n) is 11.1. The number of alkyl halides is 3. The predicted octanol–water partition coefficient (Wildman–Crippen LogP) is 5.55. The number of aliphatic hydroxyl groups is 1. The molecular weight excluding hydrogens is 570 g/mol. The Morgan fingerprint density at radius 3 is 2.45 bits per heavy atom. The standard InChI is InChI=1S/C25H19Cl3F3N3O4/c26-14-4-6-19(25(29,30)31)18(8-14)22(35)33-16-5-2-13-11-34(38,23(36)17(13)10-16)24(37)21(32)7-12-1-3-15(27)9-20(12)28/h1-6,8-10,13,21,38H,7,11,32H2,(H-,33,35,36)/p+1/t13?,21-,34?/m1/s1. The molecule has 0 fully saturated rings. The number of fused-ring (bicyclic) bond motifs is 1. The molecule has 2 amide bonds. The second-order valence-corrected chi connectivity index (χ2v) is 10.1. The van der Waals surface area contributed by atoms with E-state index < -0.39 is 51.6 Å². The van der Waals surface area contributed by atoms with Crippen molar-refractivity contribution in [1.82, 2.24) is 5.32 Å². The topological polar surface area (TPSA) is 113 Å². The van der Waals surface area contributed by atoms with E-state index in [1.807, 2.05) is 0 Å². The van der Waals surface area contributed by atoms with Gasteiger partial charge in [0.25, 0.3) is 5.91 Å². The number of hydroxylamine groups is 3. The van der Waals surface area contributed by atoms with Crippen molar-refractivity contribution in [3.05, 3.63) is 104 Å². The molecule has 2 aliphatic rings. The normalized spacial score (nSPS) is 21.7. The maximum Gasteiger partial charge on any atom is 0.417 e. The highest BCUT2D eigenvalue weighted by molar-refractivity contribution is 6.35. The van der Waals surface area contributed by atoms with Crippen molar-refractivity contribution < 1.29 is 37.7 Å². The van der Waals surface area contributed by atoms with Gasteiger partial charge in [-0.3, -0.25) is 4.79 Å². The number of benzene rings is 2. The van der Waals surface area contributed by atoms with Crippen LogP contribution in [0.4, 0.5) is 13.2 Å².